The quantitative estimate of drug-likeness (QED) is 0.897. The van der Waals surface area contributed by atoms with Crippen LogP contribution < -0.4 is 10.2 Å². The van der Waals surface area contributed by atoms with Gasteiger partial charge in [0, 0.05) is 26.3 Å². The molecule has 104 valence electrons. The second-order valence-corrected chi connectivity index (χ2v) is 4.80. The average molecular weight is 270 g/mol. The molecule has 0 aromatic heterocycles. The minimum Gasteiger partial charge on any atom is -0.465 e. The molecule has 0 fully saturated rings. The van der Waals surface area contributed by atoms with Gasteiger partial charge in [-0.3, -0.25) is 0 Å². The number of anilines is 1. The standard InChI is InChI=1S/C16H18N2O2/c1-18(2)15-5-3-4-14(10-15)13-8-6-12(7-9-13)11-17-16(19)20/h3-10,17H,11H2,1-2H3,(H,19,20). The van der Waals surface area contributed by atoms with E-state index in [1.54, 1.807) is 0 Å². The SMILES string of the molecule is CN(C)c1cccc(-c2ccc(CNC(=O)O)cc2)c1. The first-order chi connectivity index (χ1) is 9.56. The summed E-state index contributed by atoms with van der Waals surface area (Å²) >= 11 is 0. The maximum Gasteiger partial charge on any atom is 0.404 e. The third-order valence-electron chi connectivity index (χ3n) is 3.09. The van der Waals surface area contributed by atoms with Gasteiger partial charge in [0.05, 0.1) is 0 Å². The Balaban J connectivity index is 2.17. The zero-order valence-electron chi connectivity index (χ0n) is 11.6. The Kier molecular flexibility index (Phi) is 4.25. The molecule has 0 saturated heterocycles. The molecule has 0 spiro atoms. The third kappa shape index (κ3) is 3.51. The van der Waals surface area contributed by atoms with Crippen LogP contribution in [0.25, 0.3) is 11.1 Å². The fourth-order valence-corrected chi connectivity index (χ4v) is 1.96. The number of amides is 1. The summed E-state index contributed by atoms with van der Waals surface area (Å²) in [6.07, 6.45) is -1.01. The Labute approximate surface area is 118 Å². The maximum absolute atomic E-state index is 10.4. The van der Waals surface area contributed by atoms with Gasteiger partial charge in [-0.1, -0.05) is 36.4 Å². The molecule has 2 rings (SSSR count). The predicted molar refractivity (Wildman–Crippen MR) is 81.1 cm³/mol. The highest BCUT2D eigenvalue weighted by Crippen LogP contribution is 2.24. The van der Waals surface area contributed by atoms with Crippen molar-refractivity contribution in [2.45, 2.75) is 6.54 Å². The number of rotatable bonds is 4. The summed E-state index contributed by atoms with van der Waals surface area (Å²) in [5.74, 6) is 0. The van der Waals surface area contributed by atoms with Crippen molar-refractivity contribution in [3.8, 4) is 11.1 Å². The van der Waals surface area contributed by atoms with E-state index in [0.29, 0.717) is 6.54 Å². The molecule has 2 N–H and O–H groups in total. The van der Waals surface area contributed by atoms with E-state index < -0.39 is 6.09 Å². The highest BCUT2D eigenvalue weighted by molar-refractivity contribution is 5.69. The van der Waals surface area contributed by atoms with Gasteiger partial charge in [-0.05, 0) is 28.8 Å². The molecule has 0 radical (unpaired) electrons. The fraction of sp³-hybridized carbons (Fsp3) is 0.188. The molecule has 0 bridgehead atoms. The van der Waals surface area contributed by atoms with Gasteiger partial charge in [0.15, 0.2) is 0 Å². The monoisotopic (exact) mass is 270 g/mol. The van der Waals surface area contributed by atoms with E-state index in [1.807, 2.05) is 44.4 Å². The molecular weight excluding hydrogens is 252 g/mol. The van der Waals surface area contributed by atoms with E-state index in [4.69, 9.17) is 5.11 Å². The Bertz CT molecular complexity index is 592. The lowest BCUT2D eigenvalue weighted by Crippen LogP contribution is -2.19. The number of hydrogen-bond donors (Lipinski definition) is 2. The van der Waals surface area contributed by atoms with Crippen LogP contribution in [0.1, 0.15) is 5.56 Å². The number of nitrogens with one attached hydrogen (secondary N) is 1. The van der Waals surface area contributed by atoms with Gasteiger partial charge in [-0.25, -0.2) is 4.79 Å². The van der Waals surface area contributed by atoms with Crippen molar-refractivity contribution in [3.63, 3.8) is 0 Å². The molecule has 0 aliphatic heterocycles. The van der Waals surface area contributed by atoms with Crippen molar-refractivity contribution in [2.24, 2.45) is 0 Å². The zero-order valence-corrected chi connectivity index (χ0v) is 11.6. The average Bonchev–Trinajstić information content (AvgIpc) is 2.46. The van der Waals surface area contributed by atoms with Gasteiger partial charge in [0.2, 0.25) is 0 Å². The van der Waals surface area contributed by atoms with Crippen LogP contribution in [-0.2, 0) is 6.54 Å². The van der Waals surface area contributed by atoms with Crippen molar-refractivity contribution in [3.05, 3.63) is 54.1 Å². The predicted octanol–water partition coefficient (Wildman–Crippen LogP) is 3.19. The van der Waals surface area contributed by atoms with Crippen LogP contribution in [-0.4, -0.2) is 25.3 Å². The number of carbonyl (C=O) groups is 1. The van der Waals surface area contributed by atoms with E-state index >= 15 is 0 Å². The fourth-order valence-electron chi connectivity index (χ4n) is 1.96. The molecular formula is C16H18N2O2. The molecule has 0 saturated carbocycles. The second-order valence-electron chi connectivity index (χ2n) is 4.80. The lowest BCUT2D eigenvalue weighted by molar-refractivity contribution is 0.194. The molecule has 1 amide bonds. The third-order valence-corrected chi connectivity index (χ3v) is 3.09. The lowest BCUT2D eigenvalue weighted by Gasteiger charge is -2.13. The summed E-state index contributed by atoms with van der Waals surface area (Å²) in [5, 5.41) is 10.9. The molecule has 0 atom stereocenters. The van der Waals surface area contributed by atoms with Gasteiger partial charge in [0.1, 0.15) is 0 Å². The zero-order chi connectivity index (χ0) is 14.5. The van der Waals surface area contributed by atoms with Gasteiger partial charge in [0.25, 0.3) is 0 Å². The van der Waals surface area contributed by atoms with Crippen LogP contribution in [0.15, 0.2) is 48.5 Å². The second kappa shape index (κ2) is 6.10. The van der Waals surface area contributed by atoms with E-state index in [-0.39, 0.29) is 0 Å². The Morgan fingerprint density at radius 2 is 1.80 bits per heavy atom. The van der Waals surface area contributed by atoms with Crippen molar-refractivity contribution >= 4 is 11.8 Å². The number of benzene rings is 2. The topological polar surface area (TPSA) is 52.6 Å². The number of nitrogens with zero attached hydrogens (tertiary/aromatic N) is 1. The summed E-state index contributed by atoms with van der Waals surface area (Å²) in [6.45, 7) is 0.327. The van der Waals surface area contributed by atoms with E-state index in [0.717, 1.165) is 22.4 Å². The van der Waals surface area contributed by atoms with Crippen LogP contribution in [0.4, 0.5) is 10.5 Å². The van der Waals surface area contributed by atoms with Gasteiger partial charge >= 0.3 is 6.09 Å². The molecule has 2 aromatic rings. The summed E-state index contributed by atoms with van der Waals surface area (Å²) in [7, 11) is 4.03. The Morgan fingerprint density at radius 3 is 2.40 bits per heavy atom. The molecule has 0 aliphatic carbocycles. The molecule has 0 heterocycles. The van der Waals surface area contributed by atoms with Crippen LogP contribution in [0.3, 0.4) is 0 Å². The van der Waals surface area contributed by atoms with E-state index in [2.05, 4.69) is 28.4 Å². The van der Waals surface area contributed by atoms with Gasteiger partial charge in [-0.2, -0.15) is 0 Å². The molecule has 0 aliphatic rings. The van der Waals surface area contributed by atoms with Crippen molar-refractivity contribution in [2.75, 3.05) is 19.0 Å². The van der Waals surface area contributed by atoms with Gasteiger partial charge in [-0.15, -0.1) is 0 Å². The first-order valence-corrected chi connectivity index (χ1v) is 6.40. The molecule has 4 nitrogen and oxygen atoms in total. The van der Waals surface area contributed by atoms with E-state index in [1.165, 1.54) is 0 Å². The minimum atomic E-state index is -1.01. The molecule has 4 heteroatoms. The molecule has 20 heavy (non-hydrogen) atoms. The van der Waals surface area contributed by atoms with Crippen molar-refractivity contribution in [1.29, 1.82) is 0 Å². The van der Waals surface area contributed by atoms with Crippen LogP contribution in [0.2, 0.25) is 0 Å². The first-order valence-electron chi connectivity index (χ1n) is 6.40. The number of hydrogen-bond acceptors (Lipinski definition) is 2. The largest absolute Gasteiger partial charge is 0.465 e. The molecule has 0 unspecified atom stereocenters. The lowest BCUT2D eigenvalue weighted by atomic mass is 10.0. The van der Waals surface area contributed by atoms with Crippen molar-refractivity contribution in [1.82, 2.24) is 5.32 Å². The van der Waals surface area contributed by atoms with Crippen LogP contribution in [0, 0.1) is 0 Å². The first kappa shape index (κ1) is 13.9. The van der Waals surface area contributed by atoms with Crippen molar-refractivity contribution < 1.29 is 9.90 Å². The minimum absolute atomic E-state index is 0.327. The Morgan fingerprint density at radius 1 is 1.10 bits per heavy atom. The molecule has 2 aromatic carbocycles. The Hall–Kier alpha value is -2.49. The smallest absolute Gasteiger partial charge is 0.404 e. The highest BCUT2D eigenvalue weighted by Gasteiger charge is 2.02. The van der Waals surface area contributed by atoms with Gasteiger partial charge < -0.3 is 15.3 Å². The summed E-state index contributed by atoms with van der Waals surface area (Å²) in [4.78, 5) is 12.5. The van der Waals surface area contributed by atoms with Crippen LogP contribution in [0.5, 0.6) is 0 Å². The maximum atomic E-state index is 10.4. The number of carboxylic acid groups (broad SMARTS) is 1. The summed E-state index contributed by atoms with van der Waals surface area (Å²) in [6, 6.07) is 16.2. The summed E-state index contributed by atoms with van der Waals surface area (Å²) < 4.78 is 0. The van der Waals surface area contributed by atoms with Crippen LogP contribution >= 0.6 is 0 Å². The van der Waals surface area contributed by atoms with E-state index in [9.17, 15) is 4.79 Å². The summed E-state index contributed by atoms with van der Waals surface area (Å²) in [5.41, 5.74) is 4.36. The highest BCUT2D eigenvalue weighted by atomic mass is 16.4. The normalized spacial score (nSPS) is 10.1.